The second-order valence-electron chi connectivity index (χ2n) is 4.67. The molecule has 0 aliphatic carbocycles. The molecule has 2 heterocycles. The Balaban J connectivity index is 2.30. The molecule has 8 heteroatoms. The Morgan fingerprint density at radius 2 is 1.95 bits per heavy atom. The molecule has 1 fully saturated rings. The molecule has 2 N–H and O–H groups in total. The Morgan fingerprint density at radius 3 is 2.62 bits per heavy atom. The van der Waals surface area contributed by atoms with Gasteiger partial charge in [0.25, 0.3) is 0 Å². The van der Waals surface area contributed by atoms with Gasteiger partial charge in [0.15, 0.2) is 0 Å². The second-order valence-corrected chi connectivity index (χ2v) is 4.67. The zero-order chi connectivity index (χ0) is 15.0. The summed E-state index contributed by atoms with van der Waals surface area (Å²) >= 11 is 0. The van der Waals surface area contributed by atoms with E-state index in [0.29, 0.717) is 37.3 Å². The van der Waals surface area contributed by atoms with Crippen molar-refractivity contribution >= 4 is 17.0 Å². The van der Waals surface area contributed by atoms with Gasteiger partial charge in [-0.15, -0.1) is 0 Å². The molecule has 1 saturated heterocycles. The number of morpholine rings is 1. The van der Waals surface area contributed by atoms with E-state index < -0.39 is 17.1 Å². The lowest BCUT2D eigenvalue weighted by Gasteiger charge is -2.30. The smallest absolute Gasteiger partial charge is 0.335 e. The minimum Gasteiger partial charge on any atom is -0.478 e. The van der Waals surface area contributed by atoms with Crippen molar-refractivity contribution in [2.75, 3.05) is 31.3 Å². The number of hydrogen-bond acceptors (Lipinski definition) is 5. The van der Waals surface area contributed by atoms with E-state index in [1.165, 1.54) is 22.9 Å². The third-order valence-corrected chi connectivity index (χ3v) is 3.38. The Bertz CT molecular complexity index is 817. The van der Waals surface area contributed by atoms with Gasteiger partial charge >= 0.3 is 17.1 Å². The predicted molar refractivity (Wildman–Crippen MR) is 74.6 cm³/mol. The number of nitrogens with zero attached hydrogens (tertiary/aromatic N) is 2. The summed E-state index contributed by atoms with van der Waals surface area (Å²) in [5.41, 5.74) is -0.641. The van der Waals surface area contributed by atoms with Crippen molar-refractivity contribution in [3.8, 4) is 0 Å². The van der Waals surface area contributed by atoms with Gasteiger partial charge in [-0.25, -0.2) is 9.47 Å². The molecule has 1 aromatic carbocycles. The zero-order valence-corrected chi connectivity index (χ0v) is 11.0. The summed E-state index contributed by atoms with van der Waals surface area (Å²) in [6.07, 6.45) is 0. The first-order chi connectivity index (χ1) is 10.1. The quantitative estimate of drug-likeness (QED) is 0.713. The fourth-order valence-electron chi connectivity index (χ4n) is 2.36. The monoisotopic (exact) mass is 291 g/mol. The highest BCUT2D eigenvalue weighted by Gasteiger charge is 2.18. The van der Waals surface area contributed by atoms with Crippen molar-refractivity contribution in [2.45, 2.75) is 0 Å². The fraction of sp³-hybridized carbons (Fsp3) is 0.308. The lowest BCUT2D eigenvalue weighted by atomic mass is 10.2. The molecule has 3 rings (SSSR count). The molecule has 21 heavy (non-hydrogen) atoms. The molecular formula is C13H13N3O5. The van der Waals surface area contributed by atoms with Crippen LogP contribution in [-0.4, -0.2) is 47.0 Å². The molecule has 1 aromatic heterocycles. The van der Waals surface area contributed by atoms with Gasteiger partial charge in [-0.05, 0) is 18.2 Å². The largest absolute Gasteiger partial charge is 0.478 e. The van der Waals surface area contributed by atoms with Crippen LogP contribution in [0.4, 0.5) is 0 Å². The third-order valence-electron chi connectivity index (χ3n) is 3.38. The van der Waals surface area contributed by atoms with Gasteiger partial charge in [0.1, 0.15) is 0 Å². The Kier molecular flexibility index (Phi) is 3.22. The number of carbonyl (C=O) groups is 1. The Labute approximate surface area is 118 Å². The van der Waals surface area contributed by atoms with E-state index in [2.05, 4.69) is 4.98 Å². The van der Waals surface area contributed by atoms with Crippen molar-refractivity contribution in [1.29, 1.82) is 0 Å². The van der Waals surface area contributed by atoms with E-state index >= 15 is 0 Å². The molecule has 110 valence electrons. The van der Waals surface area contributed by atoms with Crippen molar-refractivity contribution in [1.82, 2.24) is 9.66 Å². The number of ether oxygens (including phenoxy) is 1. The van der Waals surface area contributed by atoms with Crippen LogP contribution in [0.2, 0.25) is 0 Å². The minimum absolute atomic E-state index is 0.0518. The molecule has 0 bridgehead atoms. The maximum atomic E-state index is 12.2. The van der Waals surface area contributed by atoms with Crippen molar-refractivity contribution < 1.29 is 14.6 Å². The number of carboxylic acid groups (broad SMARTS) is 1. The standard InChI is InChI=1S/C13H13N3O5/c17-11-12(18)16(15-3-5-21-6-4-15)10-7-8(13(19)20)1-2-9(10)14-11/h1-2,7H,3-6H2,(H,14,17)(H,19,20). The zero-order valence-electron chi connectivity index (χ0n) is 11.0. The first-order valence-electron chi connectivity index (χ1n) is 6.43. The molecule has 2 aromatic rings. The molecule has 1 aliphatic rings. The number of benzene rings is 1. The summed E-state index contributed by atoms with van der Waals surface area (Å²) in [4.78, 5) is 37.5. The number of aromatic carboxylic acids is 1. The van der Waals surface area contributed by atoms with Crippen molar-refractivity contribution in [3.63, 3.8) is 0 Å². The summed E-state index contributed by atoms with van der Waals surface area (Å²) in [7, 11) is 0. The number of carboxylic acids is 1. The number of aromatic amines is 1. The number of hydrogen-bond donors (Lipinski definition) is 2. The van der Waals surface area contributed by atoms with Crippen LogP contribution in [0.5, 0.6) is 0 Å². The van der Waals surface area contributed by atoms with Crippen LogP contribution in [0.1, 0.15) is 10.4 Å². The maximum absolute atomic E-state index is 12.2. The summed E-state index contributed by atoms with van der Waals surface area (Å²) < 4.78 is 6.47. The summed E-state index contributed by atoms with van der Waals surface area (Å²) in [6, 6.07) is 4.25. The van der Waals surface area contributed by atoms with E-state index in [1.54, 1.807) is 5.01 Å². The van der Waals surface area contributed by atoms with Crippen LogP contribution in [-0.2, 0) is 4.74 Å². The van der Waals surface area contributed by atoms with Gasteiger partial charge in [0, 0.05) is 0 Å². The molecular weight excluding hydrogens is 278 g/mol. The normalized spacial score (nSPS) is 15.3. The predicted octanol–water partition coefficient (Wildman–Crippen LogP) is -0.644. The molecule has 8 nitrogen and oxygen atoms in total. The number of nitrogens with one attached hydrogen (secondary N) is 1. The van der Waals surface area contributed by atoms with Gasteiger partial charge in [-0.1, -0.05) is 0 Å². The summed E-state index contributed by atoms with van der Waals surface area (Å²) in [5, 5.41) is 10.8. The van der Waals surface area contributed by atoms with Gasteiger partial charge in [-0.2, -0.15) is 0 Å². The van der Waals surface area contributed by atoms with E-state index in [0.717, 1.165) is 0 Å². The highest BCUT2D eigenvalue weighted by Crippen LogP contribution is 2.12. The van der Waals surface area contributed by atoms with Crippen LogP contribution >= 0.6 is 0 Å². The highest BCUT2D eigenvalue weighted by atomic mass is 16.5. The lowest BCUT2D eigenvalue weighted by molar-refractivity contribution is 0.0697. The van der Waals surface area contributed by atoms with Gasteiger partial charge < -0.3 is 19.8 Å². The summed E-state index contributed by atoms with van der Waals surface area (Å²) in [5.74, 6) is -1.09. The van der Waals surface area contributed by atoms with Crippen molar-refractivity contribution in [2.24, 2.45) is 0 Å². The highest BCUT2D eigenvalue weighted by molar-refractivity contribution is 5.92. The first kappa shape index (κ1) is 13.4. The number of H-pyrrole nitrogens is 1. The van der Waals surface area contributed by atoms with E-state index in [4.69, 9.17) is 9.84 Å². The second kappa shape index (κ2) is 5.06. The molecule has 0 atom stereocenters. The van der Waals surface area contributed by atoms with Gasteiger partial charge in [0.2, 0.25) is 0 Å². The van der Waals surface area contributed by atoms with E-state index in [1.807, 2.05) is 0 Å². The molecule has 1 aliphatic heterocycles. The van der Waals surface area contributed by atoms with E-state index in [-0.39, 0.29) is 5.56 Å². The van der Waals surface area contributed by atoms with Crippen LogP contribution in [0, 0.1) is 0 Å². The van der Waals surface area contributed by atoms with Crippen molar-refractivity contribution in [3.05, 3.63) is 44.5 Å². The molecule has 0 saturated carbocycles. The molecule has 0 spiro atoms. The number of aromatic nitrogens is 2. The minimum atomic E-state index is -1.09. The first-order valence-corrected chi connectivity index (χ1v) is 6.43. The molecule has 0 radical (unpaired) electrons. The third kappa shape index (κ3) is 2.29. The SMILES string of the molecule is O=C(O)c1ccc2[nH]c(=O)c(=O)n(N3CCOCC3)c2c1. The summed E-state index contributed by atoms with van der Waals surface area (Å²) in [6.45, 7) is 1.80. The Morgan fingerprint density at radius 1 is 1.24 bits per heavy atom. The average molecular weight is 291 g/mol. The maximum Gasteiger partial charge on any atom is 0.335 e. The van der Waals surface area contributed by atoms with Crippen LogP contribution < -0.4 is 16.1 Å². The van der Waals surface area contributed by atoms with Gasteiger partial charge in [0.05, 0.1) is 42.9 Å². The average Bonchev–Trinajstić information content (AvgIpc) is 2.49. The Hall–Kier alpha value is -2.61. The fourth-order valence-corrected chi connectivity index (χ4v) is 2.36. The van der Waals surface area contributed by atoms with Crippen LogP contribution in [0.25, 0.3) is 11.0 Å². The van der Waals surface area contributed by atoms with Gasteiger partial charge in [-0.3, -0.25) is 9.59 Å². The number of fused-ring (bicyclic) bond motifs is 1. The topological polar surface area (TPSA) is 105 Å². The van der Waals surface area contributed by atoms with Crippen LogP contribution in [0.3, 0.4) is 0 Å². The van der Waals surface area contributed by atoms with E-state index in [9.17, 15) is 14.4 Å². The molecule has 0 amide bonds. The van der Waals surface area contributed by atoms with Crippen LogP contribution in [0.15, 0.2) is 27.8 Å². The molecule has 0 unspecified atom stereocenters. The lowest BCUT2D eigenvalue weighted by Crippen LogP contribution is -2.52. The number of rotatable bonds is 2.